The van der Waals surface area contributed by atoms with Crippen molar-refractivity contribution in [2.75, 3.05) is 18.8 Å². The number of nitrogens with two attached hydrogens (primary N) is 1. The van der Waals surface area contributed by atoms with Crippen molar-refractivity contribution in [1.29, 1.82) is 0 Å². The second-order valence-electron chi connectivity index (χ2n) is 8.13. The smallest absolute Gasteiger partial charge is 0.292 e. The summed E-state index contributed by atoms with van der Waals surface area (Å²) < 4.78 is 5.92. The Morgan fingerprint density at radius 1 is 1.22 bits per heavy atom. The van der Waals surface area contributed by atoms with Crippen LogP contribution in [-0.4, -0.2) is 55.4 Å². The highest BCUT2D eigenvalue weighted by atomic mass is 16.6. The first-order chi connectivity index (χ1) is 15.5. The summed E-state index contributed by atoms with van der Waals surface area (Å²) in [5.41, 5.74) is 11.2. The zero-order chi connectivity index (χ0) is 22.5. The Morgan fingerprint density at radius 3 is 2.62 bits per heavy atom. The van der Waals surface area contributed by atoms with Crippen molar-refractivity contribution < 1.29 is 9.42 Å². The maximum Gasteiger partial charge on any atom is 0.292 e. The standard InChI is InChI=1S/C21H27N9O2/c1-14(2)16-8-6-15(7-9-16)12-23-25-21(31)18-17(13-29-10-4-3-5-11-29)24-28-30(18)20-19(22)26-32-27-20/h6-9,12,14H,3-5,10-11,13H2,1-2H3,(H2,22,26)(H,25,31)/b23-12+. The maximum absolute atomic E-state index is 13.1. The molecule has 0 saturated carbocycles. The van der Waals surface area contributed by atoms with Crippen molar-refractivity contribution in [2.24, 2.45) is 5.10 Å². The van der Waals surface area contributed by atoms with Crippen molar-refractivity contribution in [3.8, 4) is 5.82 Å². The van der Waals surface area contributed by atoms with Gasteiger partial charge in [0.25, 0.3) is 5.91 Å². The van der Waals surface area contributed by atoms with E-state index in [0.717, 1.165) is 31.5 Å². The molecule has 1 aromatic carbocycles. The molecule has 1 aliphatic heterocycles. The van der Waals surface area contributed by atoms with Crippen LogP contribution in [0.4, 0.5) is 5.82 Å². The van der Waals surface area contributed by atoms with E-state index in [1.165, 1.54) is 16.7 Å². The zero-order valence-corrected chi connectivity index (χ0v) is 18.2. The van der Waals surface area contributed by atoms with E-state index in [9.17, 15) is 4.79 Å². The second-order valence-corrected chi connectivity index (χ2v) is 8.13. The molecule has 0 spiro atoms. The lowest BCUT2D eigenvalue weighted by Crippen LogP contribution is -2.31. The first kappa shape index (κ1) is 21.6. The third kappa shape index (κ3) is 4.83. The normalized spacial score (nSPS) is 15.0. The van der Waals surface area contributed by atoms with Gasteiger partial charge in [0.2, 0.25) is 11.6 Å². The van der Waals surface area contributed by atoms with Gasteiger partial charge in [-0.3, -0.25) is 9.69 Å². The molecule has 0 atom stereocenters. The van der Waals surface area contributed by atoms with Crippen molar-refractivity contribution >= 4 is 17.9 Å². The number of rotatable bonds is 7. The minimum atomic E-state index is -0.473. The van der Waals surface area contributed by atoms with Crippen LogP contribution < -0.4 is 11.2 Å². The summed E-state index contributed by atoms with van der Waals surface area (Å²) in [5.74, 6) is 0.104. The van der Waals surface area contributed by atoms with Gasteiger partial charge < -0.3 is 5.73 Å². The van der Waals surface area contributed by atoms with Crippen LogP contribution in [-0.2, 0) is 6.54 Å². The average molecular weight is 438 g/mol. The lowest BCUT2D eigenvalue weighted by molar-refractivity contribution is 0.0944. The molecule has 11 nitrogen and oxygen atoms in total. The van der Waals surface area contributed by atoms with Crippen LogP contribution in [0.3, 0.4) is 0 Å². The summed E-state index contributed by atoms with van der Waals surface area (Å²) in [4.78, 5) is 15.3. The Balaban J connectivity index is 1.54. The summed E-state index contributed by atoms with van der Waals surface area (Å²) >= 11 is 0. The van der Waals surface area contributed by atoms with Gasteiger partial charge in [-0.25, -0.2) is 10.1 Å². The van der Waals surface area contributed by atoms with Crippen LogP contribution in [0.5, 0.6) is 0 Å². The summed E-state index contributed by atoms with van der Waals surface area (Å²) in [5, 5.41) is 19.7. The molecule has 168 valence electrons. The molecular formula is C21H27N9O2. The highest BCUT2D eigenvalue weighted by molar-refractivity contribution is 5.95. The highest BCUT2D eigenvalue weighted by Gasteiger charge is 2.26. The number of carbonyl (C=O) groups is 1. The Bertz CT molecular complexity index is 1080. The number of likely N-dealkylation sites (tertiary alicyclic amines) is 1. The number of piperidine rings is 1. The molecule has 0 bridgehead atoms. The van der Waals surface area contributed by atoms with Crippen LogP contribution in [0, 0.1) is 0 Å². The minimum Gasteiger partial charge on any atom is -0.378 e. The molecule has 0 radical (unpaired) electrons. The molecule has 1 fully saturated rings. The summed E-state index contributed by atoms with van der Waals surface area (Å²) in [6.07, 6.45) is 5.04. The molecule has 0 unspecified atom stereocenters. The fourth-order valence-corrected chi connectivity index (χ4v) is 3.65. The Hall–Kier alpha value is -3.60. The predicted molar refractivity (Wildman–Crippen MR) is 118 cm³/mol. The first-order valence-corrected chi connectivity index (χ1v) is 10.7. The Kier molecular flexibility index (Phi) is 6.55. The first-order valence-electron chi connectivity index (χ1n) is 10.7. The third-order valence-electron chi connectivity index (χ3n) is 5.46. The second kappa shape index (κ2) is 9.69. The molecule has 2 aromatic heterocycles. The van der Waals surface area contributed by atoms with Gasteiger partial charge >= 0.3 is 0 Å². The molecule has 1 saturated heterocycles. The lowest BCUT2D eigenvalue weighted by atomic mass is 10.0. The van der Waals surface area contributed by atoms with Gasteiger partial charge in [0.1, 0.15) is 5.69 Å². The molecular weight excluding hydrogens is 410 g/mol. The number of hydrazone groups is 1. The largest absolute Gasteiger partial charge is 0.378 e. The van der Waals surface area contributed by atoms with Gasteiger partial charge in [-0.15, -0.1) is 5.10 Å². The summed E-state index contributed by atoms with van der Waals surface area (Å²) in [6.45, 7) is 6.67. The number of amides is 1. The molecule has 3 heterocycles. The monoisotopic (exact) mass is 437 g/mol. The van der Waals surface area contributed by atoms with E-state index in [-0.39, 0.29) is 17.3 Å². The number of nitrogens with one attached hydrogen (secondary N) is 1. The number of anilines is 1. The van der Waals surface area contributed by atoms with Crippen molar-refractivity contribution in [2.45, 2.75) is 45.6 Å². The van der Waals surface area contributed by atoms with E-state index >= 15 is 0 Å². The fourth-order valence-electron chi connectivity index (χ4n) is 3.65. The third-order valence-corrected chi connectivity index (χ3v) is 5.46. The summed E-state index contributed by atoms with van der Waals surface area (Å²) in [6, 6.07) is 8.01. The van der Waals surface area contributed by atoms with E-state index in [1.807, 2.05) is 24.3 Å². The Morgan fingerprint density at radius 2 is 1.97 bits per heavy atom. The van der Waals surface area contributed by atoms with Gasteiger partial charge in [0, 0.05) is 6.54 Å². The molecule has 1 aliphatic rings. The number of carbonyl (C=O) groups excluding carboxylic acids is 1. The lowest BCUT2D eigenvalue weighted by Gasteiger charge is -2.25. The van der Waals surface area contributed by atoms with Crippen LogP contribution in [0.2, 0.25) is 0 Å². The SMILES string of the molecule is CC(C)c1ccc(/C=N/NC(=O)c2c(CN3CCCCC3)nnn2-c2nonc2N)cc1. The van der Waals surface area contributed by atoms with Crippen LogP contribution in [0.1, 0.15) is 66.3 Å². The predicted octanol–water partition coefficient (Wildman–Crippen LogP) is 2.11. The van der Waals surface area contributed by atoms with Gasteiger partial charge in [0.05, 0.1) is 6.21 Å². The number of hydrogen-bond acceptors (Lipinski definition) is 9. The number of hydrogen-bond donors (Lipinski definition) is 2. The average Bonchev–Trinajstić information content (AvgIpc) is 3.40. The number of benzene rings is 1. The quantitative estimate of drug-likeness (QED) is 0.423. The minimum absolute atomic E-state index is 0.0159. The molecule has 3 N–H and O–H groups in total. The highest BCUT2D eigenvalue weighted by Crippen LogP contribution is 2.19. The number of nitrogen functional groups attached to an aromatic ring is 1. The zero-order valence-electron chi connectivity index (χ0n) is 18.2. The molecule has 1 amide bonds. The van der Waals surface area contributed by atoms with Gasteiger partial charge in [-0.05, 0) is 53.3 Å². The van der Waals surface area contributed by atoms with Crippen molar-refractivity contribution in [3.05, 3.63) is 46.8 Å². The Labute approximate surface area is 185 Å². The number of aromatic nitrogens is 5. The number of nitrogens with zero attached hydrogens (tertiary/aromatic N) is 7. The van der Waals surface area contributed by atoms with E-state index in [2.05, 4.69) is 54.5 Å². The van der Waals surface area contributed by atoms with Crippen LogP contribution in [0.15, 0.2) is 34.0 Å². The van der Waals surface area contributed by atoms with Gasteiger partial charge in [-0.1, -0.05) is 49.7 Å². The molecule has 3 aromatic rings. The van der Waals surface area contributed by atoms with E-state index < -0.39 is 5.91 Å². The fraction of sp³-hybridized carbons (Fsp3) is 0.429. The molecule has 32 heavy (non-hydrogen) atoms. The van der Waals surface area contributed by atoms with E-state index in [4.69, 9.17) is 5.73 Å². The molecule has 0 aliphatic carbocycles. The van der Waals surface area contributed by atoms with Gasteiger partial charge in [-0.2, -0.15) is 9.78 Å². The van der Waals surface area contributed by atoms with Crippen molar-refractivity contribution in [1.82, 2.24) is 35.6 Å². The van der Waals surface area contributed by atoms with Crippen LogP contribution in [0.25, 0.3) is 5.82 Å². The van der Waals surface area contributed by atoms with Crippen LogP contribution >= 0.6 is 0 Å². The summed E-state index contributed by atoms with van der Waals surface area (Å²) in [7, 11) is 0. The van der Waals surface area contributed by atoms with E-state index in [1.54, 1.807) is 6.21 Å². The van der Waals surface area contributed by atoms with Gasteiger partial charge in [0.15, 0.2) is 5.69 Å². The van der Waals surface area contributed by atoms with Crippen molar-refractivity contribution in [3.63, 3.8) is 0 Å². The molecule has 4 rings (SSSR count). The maximum atomic E-state index is 13.1. The van der Waals surface area contributed by atoms with E-state index in [0.29, 0.717) is 18.2 Å². The topological polar surface area (TPSA) is 140 Å². The molecule has 11 heteroatoms.